The molecule has 2 heterocycles. The Bertz CT molecular complexity index is 716. The van der Waals surface area contributed by atoms with E-state index in [-0.39, 0.29) is 0 Å². The smallest absolute Gasteiger partial charge is 0.356 e. The maximum atomic E-state index is 10.2. The molecule has 0 radical (unpaired) electrons. The molecule has 0 bridgehead atoms. The van der Waals surface area contributed by atoms with Crippen LogP contribution in [0.4, 0.5) is 5.95 Å². The van der Waals surface area contributed by atoms with Gasteiger partial charge in [-0.1, -0.05) is 12.1 Å². The summed E-state index contributed by atoms with van der Waals surface area (Å²) < 4.78 is 9.20. The molecule has 3 N–H and O–H groups in total. The predicted molar refractivity (Wildman–Crippen MR) is 75.9 cm³/mol. The van der Waals surface area contributed by atoms with Gasteiger partial charge in [0.2, 0.25) is 0 Å². The number of hydrogen-bond acceptors (Lipinski definition) is 3. The number of aliphatic hydroxyl groups excluding tert-OH is 1. The van der Waals surface area contributed by atoms with Gasteiger partial charge >= 0.3 is 5.95 Å². The number of benzene rings is 1. The van der Waals surface area contributed by atoms with E-state index in [4.69, 9.17) is 10.2 Å². The zero-order valence-electron chi connectivity index (χ0n) is 11.4. The molecule has 5 nitrogen and oxygen atoms in total. The number of nitrogens with zero attached hydrogens (tertiary/aromatic N) is 2. The monoisotopic (exact) mass is 272 g/mol. The van der Waals surface area contributed by atoms with Crippen LogP contribution in [0.2, 0.25) is 0 Å². The van der Waals surface area contributed by atoms with Crippen LogP contribution in [0.5, 0.6) is 0 Å². The minimum atomic E-state index is -0.714. The van der Waals surface area contributed by atoms with Gasteiger partial charge in [0, 0.05) is 0 Å². The Kier molecular flexibility index (Phi) is 3.20. The van der Waals surface area contributed by atoms with Crippen LogP contribution < -0.4 is 10.3 Å². The number of para-hydroxylation sites is 2. The van der Waals surface area contributed by atoms with Crippen LogP contribution in [0.3, 0.4) is 0 Å². The number of furan rings is 1. The van der Waals surface area contributed by atoms with Crippen LogP contribution >= 0.6 is 0 Å². The summed E-state index contributed by atoms with van der Waals surface area (Å²) in [7, 11) is 0. The first-order chi connectivity index (χ1) is 9.72. The molecule has 104 valence electrons. The second-order valence-corrected chi connectivity index (χ2v) is 4.73. The quantitative estimate of drug-likeness (QED) is 0.712. The number of nitrogen functional groups attached to an aromatic ring is 1. The highest BCUT2D eigenvalue weighted by atomic mass is 16.4. The molecule has 0 saturated carbocycles. The predicted octanol–water partition coefficient (Wildman–Crippen LogP) is 1.86. The largest absolute Gasteiger partial charge is 0.466 e. The average Bonchev–Trinajstić information content (AvgIpc) is 3.07. The summed E-state index contributed by atoms with van der Waals surface area (Å²) in [5, 5.41) is 10.2. The summed E-state index contributed by atoms with van der Waals surface area (Å²) in [6.07, 6.45) is 0.843. The van der Waals surface area contributed by atoms with Gasteiger partial charge < -0.3 is 9.52 Å². The van der Waals surface area contributed by atoms with E-state index < -0.39 is 6.10 Å². The Morgan fingerprint density at radius 1 is 1.30 bits per heavy atom. The molecule has 2 aromatic heterocycles. The van der Waals surface area contributed by atoms with Gasteiger partial charge in [-0.3, -0.25) is 5.73 Å². The molecule has 0 fully saturated rings. The van der Waals surface area contributed by atoms with Crippen LogP contribution in [0.25, 0.3) is 11.0 Å². The number of nitrogens with two attached hydrogens (primary N) is 1. The summed E-state index contributed by atoms with van der Waals surface area (Å²) in [6, 6.07) is 11.5. The Morgan fingerprint density at radius 3 is 2.80 bits per heavy atom. The molecule has 5 heteroatoms. The first-order valence-electron chi connectivity index (χ1n) is 6.70. The molecular formula is C15H18N3O2+. The Labute approximate surface area is 116 Å². The van der Waals surface area contributed by atoms with E-state index in [1.54, 1.807) is 18.4 Å². The lowest BCUT2D eigenvalue weighted by Gasteiger charge is -2.07. The van der Waals surface area contributed by atoms with Crippen molar-refractivity contribution in [3.8, 4) is 0 Å². The summed E-state index contributed by atoms with van der Waals surface area (Å²) in [6.45, 7) is 3.21. The molecule has 0 amide bonds. The summed E-state index contributed by atoms with van der Waals surface area (Å²) in [5.74, 6) is 1.18. The number of aromatic nitrogens is 2. The molecular weight excluding hydrogens is 254 g/mol. The fourth-order valence-corrected chi connectivity index (χ4v) is 2.58. The number of fused-ring (bicyclic) bond motifs is 1. The average molecular weight is 272 g/mol. The zero-order chi connectivity index (χ0) is 14.1. The third-order valence-electron chi connectivity index (χ3n) is 3.56. The van der Waals surface area contributed by atoms with Crippen molar-refractivity contribution in [1.82, 2.24) is 4.57 Å². The van der Waals surface area contributed by atoms with Crippen molar-refractivity contribution >= 4 is 17.0 Å². The molecule has 0 aliphatic carbocycles. The van der Waals surface area contributed by atoms with Crippen molar-refractivity contribution in [3.05, 3.63) is 48.4 Å². The van der Waals surface area contributed by atoms with Gasteiger partial charge in [0.15, 0.2) is 0 Å². The molecule has 3 rings (SSSR count). The number of hydrogen-bond donors (Lipinski definition) is 2. The summed E-state index contributed by atoms with van der Waals surface area (Å²) >= 11 is 0. The van der Waals surface area contributed by atoms with Crippen LogP contribution in [-0.4, -0.2) is 9.67 Å². The fourth-order valence-electron chi connectivity index (χ4n) is 2.58. The van der Waals surface area contributed by atoms with Crippen molar-refractivity contribution in [2.75, 3.05) is 5.73 Å². The van der Waals surface area contributed by atoms with Gasteiger partial charge in [0.05, 0.1) is 12.8 Å². The maximum absolute atomic E-state index is 10.2. The second-order valence-electron chi connectivity index (χ2n) is 4.73. The SMILES string of the molecule is CCn1c(N)[n+](CC(O)c2ccco2)c2ccccc21. The van der Waals surface area contributed by atoms with Crippen LogP contribution in [-0.2, 0) is 13.1 Å². The standard InChI is InChI=1S/C15H17N3O2/c1-2-17-11-6-3-4-7-12(11)18(15(17)16)10-13(19)14-8-5-9-20-14/h3-9,13,16,19H,2,10H2,1H3/p+1. The third kappa shape index (κ3) is 1.96. The topological polar surface area (TPSA) is 68.2 Å². The van der Waals surface area contributed by atoms with E-state index in [1.165, 1.54) is 0 Å². The second kappa shape index (κ2) is 5.02. The van der Waals surface area contributed by atoms with E-state index >= 15 is 0 Å². The van der Waals surface area contributed by atoms with Gasteiger partial charge in [-0.05, 0) is 31.2 Å². The van der Waals surface area contributed by atoms with Crippen molar-refractivity contribution in [2.24, 2.45) is 0 Å². The highest BCUT2D eigenvalue weighted by Crippen LogP contribution is 2.19. The lowest BCUT2D eigenvalue weighted by Crippen LogP contribution is -2.39. The van der Waals surface area contributed by atoms with Crippen molar-refractivity contribution in [2.45, 2.75) is 26.1 Å². The molecule has 0 aliphatic rings. The molecule has 1 unspecified atom stereocenters. The van der Waals surface area contributed by atoms with E-state index in [0.29, 0.717) is 18.3 Å². The minimum absolute atomic E-state index is 0.368. The number of aliphatic hydroxyl groups is 1. The number of aryl methyl sites for hydroxylation is 1. The molecule has 0 saturated heterocycles. The van der Waals surface area contributed by atoms with Gasteiger partial charge in [-0.15, -0.1) is 0 Å². The fraction of sp³-hybridized carbons (Fsp3) is 0.267. The Morgan fingerprint density at radius 2 is 2.10 bits per heavy atom. The zero-order valence-corrected chi connectivity index (χ0v) is 11.4. The van der Waals surface area contributed by atoms with Gasteiger partial charge in [-0.2, -0.15) is 0 Å². The molecule has 1 atom stereocenters. The highest BCUT2D eigenvalue weighted by molar-refractivity contribution is 5.73. The van der Waals surface area contributed by atoms with Crippen LogP contribution in [0.1, 0.15) is 18.8 Å². The van der Waals surface area contributed by atoms with E-state index in [0.717, 1.165) is 17.6 Å². The van der Waals surface area contributed by atoms with Crippen molar-refractivity contribution in [1.29, 1.82) is 0 Å². The summed E-state index contributed by atoms with van der Waals surface area (Å²) in [4.78, 5) is 0. The lowest BCUT2D eigenvalue weighted by atomic mass is 10.2. The minimum Gasteiger partial charge on any atom is -0.466 e. The van der Waals surface area contributed by atoms with Gasteiger partial charge in [0.1, 0.15) is 29.4 Å². The Hall–Kier alpha value is -2.27. The molecule has 0 aliphatic heterocycles. The first-order valence-corrected chi connectivity index (χ1v) is 6.70. The molecule has 1 aromatic carbocycles. The molecule has 0 spiro atoms. The summed E-state index contributed by atoms with van der Waals surface area (Å²) in [5.41, 5.74) is 8.29. The first kappa shape index (κ1) is 12.7. The van der Waals surface area contributed by atoms with Gasteiger partial charge in [0.25, 0.3) is 0 Å². The van der Waals surface area contributed by atoms with E-state index in [9.17, 15) is 5.11 Å². The third-order valence-corrected chi connectivity index (χ3v) is 3.56. The van der Waals surface area contributed by atoms with Crippen LogP contribution in [0, 0.1) is 0 Å². The molecule has 20 heavy (non-hydrogen) atoms. The van der Waals surface area contributed by atoms with Gasteiger partial charge in [-0.25, -0.2) is 9.13 Å². The van der Waals surface area contributed by atoms with E-state index in [2.05, 4.69) is 6.92 Å². The maximum Gasteiger partial charge on any atom is 0.356 e. The van der Waals surface area contributed by atoms with Crippen molar-refractivity contribution in [3.63, 3.8) is 0 Å². The van der Waals surface area contributed by atoms with E-state index in [1.807, 2.05) is 33.4 Å². The number of rotatable bonds is 4. The number of imidazole rings is 1. The van der Waals surface area contributed by atoms with Crippen molar-refractivity contribution < 1.29 is 14.1 Å². The Balaban J connectivity index is 2.05. The number of anilines is 1. The normalized spacial score (nSPS) is 12.9. The lowest BCUT2D eigenvalue weighted by molar-refractivity contribution is -0.666. The molecule has 3 aromatic rings. The highest BCUT2D eigenvalue weighted by Gasteiger charge is 2.23. The van der Waals surface area contributed by atoms with Crippen LogP contribution in [0.15, 0.2) is 47.1 Å².